The van der Waals surface area contributed by atoms with Gasteiger partial charge in [-0.3, -0.25) is 9.69 Å². The molecule has 5 aliphatic rings. The number of nitrogens with zero attached hydrogens (tertiary/aromatic N) is 1. The molecule has 138 valence electrons. The second-order valence-electron chi connectivity index (χ2n) is 9.01. The Morgan fingerprint density at radius 2 is 2.12 bits per heavy atom. The summed E-state index contributed by atoms with van der Waals surface area (Å²) in [4.78, 5) is 15.3. The number of benzene rings is 1. The summed E-state index contributed by atoms with van der Waals surface area (Å²) in [6, 6.07) is 4.08. The number of hydrogen-bond donors (Lipinski definition) is 2. The molecule has 0 aromatic heterocycles. The lowest BCUT2D eigenvalue weighted by Gasteiger charge is -2.62. The van der Waals surface area contributed by atoms with Gasteiger partial charge in [-0.15, -0.1) is 0 Å². The SMILES string of the molecule is O=C1CC[C@@]2(O)C3Cc4ccc(CO)c5c4[C@@]2(CCN3CC2CC2)[C@H]1O5. The molecular weight excluding hydrogens is 330 g/mol. The zero-order valence-corrected chi connectivity index (χ0v) is 14.9. The molecular formula is C21H25NO4. The van der Waals surface area contributed by atoms with Crippen LogP contribution in [0.3, 0.4) is 0 Å². The van der Waals surface area contributed by atoms with Crippen molar-refractivity contribution in [2.75, 3.05) is 13.1 Å². The first-order valence-electron chi connectivity index (χ1n) is 10.0. The van der Waals surface area contributed by atoms with Crippen LogP contribution in [0.1, 0.15) is 48.8 Å². The van der Waals surface area contributed by atoms with E-state index < -0.39 is 17.1 Å². The highest BCUT2D eigenvalue weighted by molar-refractivity contribution is 5.89. The molecule has 1 aromatic rings. The molecule has 3 aliphatic carbocycles. The van der Waals surface area contributed by atoms with Crippen LogP contribution >= 0.6 is 0 Å². The second-order valence-corrected chi connectivity index (χ2v) is 9.01. The summed E-state index contributed by atoms with van der Waals surface area (Å²) >= 11 is 0. The van der Waals surface area contributed by atoms with E-state index in [4.69, 9.17) is 4.74 Å². The molecule has 5 heteroatoms. The van der Waals surface area contributed by atoms with Crippen molar-refractivity contribution in [3.63, 3.8) is 0 Å². The van der Waals surface area contributed by atoms with Crippen LogP contribution in [0.2, 0.25) is 0 Å². The largest absolute Gasteiger partial charge is 0.481 e. The number of aliphatic hydroxyl groups is 2. The minimum Gasteiger partial charge on any atom is -0.481 e. The molecule has 1 aromatic carbocycles. The Labute approximate surface area is 152 Å². The highest BCUT2D eigenvalue weighted by Gasteiger charge is 2.73. The molecule has 5 nitrogen and oxygen atoms in total. The van der Waals surface area contributed by atoms with E-state index in [9.17, 15) is 15.0 Å². The number of ether oxygens (including phenoxy) is 1. The van der Waals surface area contributed by atoms with E-state index >= 15 is 0 Å². The van der Waals surface area contributed by atoms with Gasteiger partial charge in [0.05, 0.1) is 17.6 Å². The van der Waals surface area contributed by atoms with E-state index in [1.54, 1.807) is 0 Å². The van der Waals surface area contributed by atoms with Crippen molar-refractivity contribution in [3.05, 3.63) is 28.8 Å². The first-order valence-corrected chi connectivity index (χ1v) is 10.0. The summed E-state index contributed by atoms with van der Waals surface area (Å²) in [5, 5.41) is 21.8. The van der Waals surface area contributed by atoms with Crippen LogP contribution in [-0.2, 0) is 23.2 Å². The van der Waals surface area contributed by atoms with Crippen molar-refractivity contribution in [1.29, 1.82) is 0 Å². The van der Waals surface area contributed by atoms with E-state index in [2.05, 4.69) is 11.0 Å². The third kappa shape index (κ3) is 1.66. The minimum atomic E-state index is -0.912. The third-order valence-corrected chi connectivity index (χ3v) is 7.83. The van der Waals surface area contributed by atoms with Gasteiger partial charge in [0, 0.05) is 30.1 Å². The number of Topliss-reactive ketones (excluding diaryl/α,β-unsaturated/α-hetero) is 1. The van der Waals surface area contributed by atoms with Crippen LogP contribution in [0.25, 0.3) is 0 Å². The Balaban J connectivity index is 1.57. The molecule has 2 aliphatic heterocycles. The number of carbonyl (C=O) groups is 1. The molecule has 1 saturated heterocycles. The number of hydrogen-bond acceptors (Lipinski definition) is 5. The van der Waals surface area contributed by atoms with Crippen molar-refractivity contribution in [2.45, 2.75) is 68.3 Å². The Morgan fingerprint density at radius 3 is 2.88 bits per heavy atom. The first-order chi connectivity index (χ1) is 12.6. The Bertz CT molecular complexity index is 818. The fourth-order valence-corrected chi connectivity index (χ4v) is 6.46. The Hall–Kier alpha value is -1.43. The number of rotatable bonds is 3. The smallest absolute Gasteiger partial charge is 0.174 e. The molecule has 4 atom stereocenters. The highest BCUT2D eigenvalue weighted by Crippen LogP contribution is 2.64. The molecule has 0 radical (unpaired) electrons. The summed E-state index contributed by atoms with van der Waals surface area (Å²) in [5.74, 6) is 1.57. The third-order valence-electron chi connectivity index (χ3n) is 7.83. The fourth-order valence-electron chi connectivity index (χ4n) is 6.46. The molecule has 2 N–H and O–H groups in total. The van der Waals surface area contributed by atoms with E-state index in [0.717, 1.165) is 43.0 Å². The number of ketones is 1. The number of piperidine rings is 1. The molecule has 0 amide bonds. The average molecular weight is 355 g/mol. The summed E-state index contributed by atoms with van der Waals surface area (Å²) in [6.45, 7) is 1.88. The quantitative estimate of drug-likeness (QED) is 0.856. The van der Waals surface area contributed by atoms with Crippen molar-refractivity contribution in [1.82, 2.24) is 4.90 Å². The van der Waals surface area contributed by atoms with Gasteiger partial charge in [0.2, 0.25) is 0 Å². The molecule has 2 saturated carbocycles. The van der Waals surface area contributed by atoms with Crippen LogP contribution in [0.15, 0.2) is 12.1 Å². The van der Waals surface area contributed by atoms with Gasteiger partial charge in [-0.05, 0) is 50.1 Å². The maximum atomic E-state index is 12.8. The fraction of sp³-hybridized carbons (Fsp3) is 0.667. The van der Waals surface area contributed by atoms with Gasteiger partial charge in [-0.25, -0.2) is 0 Å². The maximum Gasteiger partial charge on any atom is 0.174 e. The topological polar surface area (TPSA) is 70.0 Å². The van der Waals surface area contributed by atoms with Crippen molar-refractivity contribution in [2.24, 2.45) is 5.92 Å². The van der Waals surface area contributed by atoms with Gasteiger partial charge in [-0.1, -0.05) is 12.1 Å². The summed E-state index contributed by atoms with van der Waals surface area (Å²) < 4.78 is 6.22. The Morgan fingerprint density at radius 1 is 1.27 bits per heavy atom. The van der Waals surface area contributed by atoms with Gasteiger partial charge in [0.15, 0.2) is 11.9 Å². The molecule has 2 heterocycles. The van der Waals surface area contributed by atoms with Gasteiger partial charge in [-0.2, -0.15) is 0 Å². The first kappa shape index (κ1) is 15.6. The number of carbonyl (C=O) groups excluding carboxylic acids is 1. The van der Waals surface area contributed by atoms with Crippen molar-refractivity contribution in [3.8, 4) is 5.75 Å². The van der Waals surface area contributed by atoms with E-state index in [-0.39, 0.29) is 18.4 Å². The van der Waals surface area contributed by atoms with Crippen LogP contribution in [0.5, 0.6) is 5.75 Å². The van der Waals surface area contributed by atoms with Gasteiger partial charge >= 0.3 is 0 Å². The van der Waals surface area contributed by atoms with E-state index in [1.807, 2.05) is 6.07 Å². The molecule has 1 spiro atoms. The monoisotopic (exact) mass is 355 g/mol. The average Bonchev–Trinajstić information content (AvgIpc) is 3.37. The normalized spacial score (nSPS) is 40.3. The van der Waals surface area contributed by atoms with E-state index in [1.165, 1.54) is 18.4 Å². The zero-order chi connectivity index (χ0) is 17.7. The lowest BCUT2D eigenvalue weighted by Crippen LogP contribution is -2.76. The van der Waals surface area contributed by atoms with Gasteiger partial charge < -0.3 is 14.9 Å². The van der Waals surface area contributed by atoms with Gasteiger partial charge in [0.1, 0.15) is 5.75 Å². The van der Waals surface area contributed by atoms with Crippen molar-refractivity contribution >= 4 is 5.78 Å². The van der Waals surface area contributed by atoms with Crippen molar-refractivity contribution < 1.29 is 19.7 Å². The summed E-state index contributed by atoms with van der Waals surface area (Å²) in [6.07, 6.45) is 4.50. The molecule has 3 fully saturated rings. The van der Waals surface area contributed by atoms with Crippen LogP contribution in [0.4, 0.5) is 0 Å². The second kappa shape index (κ2) is 4.89. The molecule has 2 bridgehead atoms. The molecule has 6 rings (SSSR count). The lowest BCUT2D eigenvalue weighted by atomic mass is 9.49. The Kier molecular flexibility index (Phi) is 2.93. The summed E-state index contributed by atoms with van der Waals surface area (Å²) in [7, 11) is 0. The van der Waals surface area contributed by atoms with E-state index in [0.29, 0.717) is 18.6 Å². The molecule has 1 unspecified atom stereocenters. The highest BCUT2D eigenvalue weighted by atomic mass is 16.5. The number of aliphatic hydroxyl groups excluding tert-OH is 1. The maximum absolute atomic E-state index is 12.8. The standard InChI is InChI=1S/C21H25NO4/c23-11-14-4-3-13-9-16-21(25)6-5-15(24)19-20(21,17(13)18(14)26-19)7-8-22(16)10-12-1-2-12/h3-4,12,16,19,23,25H,1-2,5-11H2/t16?,19-,20-,21+/m0/s1. The predicted molar refractivity (Wildman–Crippen MR) is 94.1 cm³/mol. The lowest BCUT2D eigenvalue weighted by molar-refractivity contribution is -0.188. The molecule has 26 heavy (non-hydrogen) atoms. The van der Waals surface area contributed by atoms with Crippen LogP contribution in [-0.4, -0.2) is 51.7 Å². The summed E-state index contributed by atoms with van der Waals surface area (Å²) in [5.41, 5.74) is 1.43. The van der Waals surface area contributed by atoms with Gasteiger partial charge in [0.25, 0.3) is 0 Å². The van der Waals surface area contributed by atoms with Crippen LogP contribution < -0.4 is 4.74 Å². The number of likely N-dealkylation sites (tertiary alicyclic amines) is 1. The van der Waals surface area contributed by atoms with Crippen LogP contribution in [0, 0.1) is 5.92 Å². The minimum absolute atomic E-state index is 0.0643. The zero-order valence-electron chi connectivity index (χ0n) is 14.9. The predicted octanol–water partition coefficient (Wildman–Crippen LogP) is 1.31.